The van der Waals surface area contributed by atoms with Gasteiger partial charge in [0.15, 0.2) is 0 Å². The van der Waals surface area contributed by atoms with Crippen LogP contribution in [0, 0.1) is 12.7 Å². The third-order valence-corrected chi connectivity index (χ3v) is 12.4. The molecule has 0 fully saturated rings. The molecule has 7 aromatic carbocycles. The van der Waals surface area contributed by atoms with Crippen molar-refractivity contribution in [2.24, 2.45) is 0 Å². The lowest BCUT2D eigenvalue weighted by Crippen LogP contribution is -2.34. The zero-order valence-corrected chi connectivity index (χ0v) is 31.5. The molecule has 2 nitrogen and oxygen atoms in total. The van der Waals surface area contributed by atoms with Gasteiger partial charge in [0.2, 0.25) is 0 Å². The quantitative estimate of drug-likeness (QED) is 0.173. The summed E-state index contributed by atoms with van der Waals surface area (Å²) in [5.41, 5.74) is 15.7. The van der Waals surface area contributed by atoms with E-state index in [2.05, 4.69) is 171 Å². The molecule has 10 rings (SSSR count). The first-order valence-corrected chi connectivity index (χ1v) is 19.2. The van der Waals surface area contributed by atoms with E-state index in [1.165, 1.54) is 61.7 Å². The van der Waals surface area contributed by atoms with E-state index < -0.39 is 0 Å². The molecule has 0 saturated carbocycles. The molecule has 264 valence electrons. The summed E-state index contributed by atoms with van der Waals surface area (Å²) in [5, 5.41) is 4.41. The van der Waals surface area contributed by atoms with Crippen LogP contribution in [0.2, 0.25) is 0 Å². The van der Waals surface area contributed by atoms with E-state index in [1.807, 2.05) is 6.07 Å². The highest BCUT2D eigenvalue weighted by Gasteiger charge is 2.37. The number of rotatable bonds is 4. The van der Waals surface area contributed by atoms with Gasteiger partial charge in [0.1, 0.15) is 5.82 Å². The van der Waals surface area contributed by atoms with Gasteiger partial charge in [-0.15, -0.1) is 0 Å². The Morgan fingerprint density at radius 3 is 1.70 bits per heavy atom. The Morgan fingerprint density at radius 2 is 0.981 bits per heavy atom. The Hall–Kier alpha value is -5.93. The van der Waals surface area contributed by atoms with E-state index in [1.54, 1.807) is 12.1 Å². The van der Waals surface area contributed by atoms with Gasteiger partial charge in [-0.1, -0.05) is 107 Å². The number of aryl methyl sites for hydroxylation is 1. The Balaban J connectivity index is 1.15. The summed E-state index contributed by atoms with van der Waals surface area (Å²) in [6.07, 6.45) is 2.33. The number of fused-ring (bicyclic) bond motifs is 7. The van der Waals surface area contributed by atoms with Crippen LogP contribution in [0.5, 0.6) is 0 Å². The number of hydrogen-bond donors (Lipinski definition) is 0. The largest absolute Gasteiger partial charge is 0.309 e. The second kappa shape index (κ2) is 11.8. The Kier molecular flexibility index (Phi) is 7.14. The van der Waals surface area contributed by atoms with E-state index in [0.717, 1.165) is 45.0 Å². The predicted octanol–water partition coefficient (Wildman–Crippen LogP) is 14.0. The summed E-state index contributed by atoms with van der Waals surface area (Å²) in [6, 6.07) is 51.7. The average Bonchev–Trinajstić information content (AvgIpc) is 3.68. The fraction of sp³-hybridized carbons (Fsp3) is 0.176. The zero-order chi connectivity index (χ0) is 36.9. The van der Waals surface area contributed by atoms with Crippen LogP contribution >= 0.6 is 0 Å². The van der Waals surface area contributed by atoms with Gasteiger partial charge in [0, 0.05) is 32.9 Å². The summed E-state index contributed by atoms with van der Waals surface area (Å²) in [6.45, 7) is 11.7. The van der Waals surface area contributed by atoms with Gasteiger partial charge >= 0.3 is 0 Å². The molecule has 0 amide bonds. The van der Waals surface area contributed by atoms with Crippen molar-refractivity contribution in [2.45, 2.75) is 58.3 Å². The highest BCUT2D eigenvalue weighted by molar-refractivity contribution is 6.12. The SMILES string of the molecule is Cc1cc2c(cc1-n1c3ccc(F)cc3c3cc(-c4ccc5c(c4)c4ccccc4n5-c4cccc(-c5ccccc5)c4)ccc31)C(C)(C)CCC2(C)C. The third-order valence-electron chi connectivity index (χ3n) is 12.4. The van der Waals surface area contributed by atoms with E-state index in [0.29, 0.717) is 0 Å². The molecule has 9 aromatic rings. The Morgan fingerprint density at radius 1 is 0.444 bits per heavy atom. The first-order valence-electron chi connectivity index (χ1n) is 19.2. The van der Waals surface area contributed by atoms with Gasteiger partial charge in [-0.3, -0.25) is 0 Å². The van der Waals surface area contributed by atoms with Crippen LogP contribution in [0.3, 0.4) is 0 Å². The van der Waals surface area contributed by atoms with E-state index >= 15 is 4.39 Å². The normalized spacial score (nSPS) is 15.0. The van der Waals surface area contributed by atoms with Crippen LogP contribution in [0.1, 0.15) is 57.2 Å². The molecule has 0 aliphatic heterocycles. The van der Waals surface area contributed by atoms with Crippen molar-refractivity contribution >= 4 is 43.6 Å². The van der Waals surface area contributed by atoms with Crippen LogP contribution in [0.25, 0.3) is 77.2 Å². The summed E-state index contributed by atoms with van der Waals surface area (Å²) in [4.78, 5) is 0. The van der Waals surface area contributed by atoms with Gasteiger partial charge in [-0.25, -0.2) is 4.39 Å². The summed E-state index contributed by atoms with van der Waals surface area (Å²) in [7, 11) is 0. The summed E-state index contributed by atoms with van der Waals surface area (Å²) < 4.78 is 19.8. The van der Waals surface area contributed by atoms with Crippen LogP contribution < -0.4 is 0 Å². The van der Waals surface area contributed by atoms with Crippen molar-refractivity contribution in [3.8, 4) is 33.6 Å². The van der Waals surface area contributed by atoms with Gasteiger partial charge in [0.05, 0.1) is 22.1 Å². The molecule has 1 aliphatic rings. The van der Waals surface area contributed by atoms with Crippen LogP contribution in [-0.4, -0.2) is 9.13 Å². The number of aromatic nitrogens is 2. The Labute approximate surface area is 316 Å². The third kappa shape index (κ3) is 4.98. The van der Waals surface area contributed by atoms with Crippen molar-refractivity contribution in [3.05, 3.63) is 168 Å². The van der Waals surface area contributed by atoms with Crippen molar-refractivity contribution in [2.75, 3.05) is 0 Å². The molecule has 0 N–H and O–H groups in total. The topological polar surface area (TPSA) is 9.86 Å². The molecule has 3 heteroatoms. The van der Waals surface area contributed by atoms with Crippen molar-refractivity contribution < 1.29 is 4.39 Å². The molecular weight excluding hydrogens is 660 g/mol. The van der Waals surface area contributed by atoms with Gasteiger partial charge in [-0.05, 0) is 136 Å². The highest BCUT2D eigenvalue weighted by atomic mass is 19.1. The predicted molar refractivity (Wildman–Crippen MR) is 226 cm³/mol. The number of halogens is 1. The van der Waals surface area contributed by atoms with Gasteiger partial charge in [0.25, 0.3) is 0 Å². The molecule has 0 radical (unpaired) electrons. The van der Waals surface area contributed by atoms with E-state index in [4.69, 9.17) is 0 Å². The molecule has 2 heterocycles. The van der Waals surface area contributed by atoms with Crippen molar-refractivity contribution in [3.63, 3.8) is 0 Å². The monoisotopic (exact) mass is 702 g/mol. The summed E-state index contributed by atoms with van der Waals surface area (Å²) >= 11 is 0. The number of para-hydroxylation sites is 1. The maximum Gasteiger partial charge on any atom is 0.123 e. The molecule has 0 atom stereocenters. The lowest BCUT2D eigenvalue weighted by Gasteiger charge is -2.42. The van der Waals surface area contributed by atoms with Gasteiger partial charge < -0.3 is 9.13 Å². The maximum absolute atomic E-state index is 15.1. The maximum atomic E-state index is 15.1. The molecular formula is C51H43FN2. The summed E-state index contributed by atoms with van der Waals surface area (Å²) in [5.74, 6) is -0.220. The number of benzene rings is 7. The first-order chi connectivity index (χ1) is 26.1. The molecule has 0 saturated heterocycles. The first kappa shape index (κ1) is 32.7. The molecule has 0 bridgehead atoms. The second-order valence-electron chi connectivity index (χ2n) is 16.7. The lowest BCUT2D eigenvalue weighted by molar-refractivity contribution is 0.331. The molecule has 1 aliphatic carbocycles. The minimum atomic E-state index is -0.220. The van der Waals surface area contributed by atoms with E-state index in [-0.39, 0.29) is 16.6 Å². The minimum Gasteiger partial charge on any atom is -0.309 e. The van der Waals surface area contributed by atoms with Gasteiger partial charge in [-0.2, -0.15) is 0 Å². The van der Waals surface area contributed by atoms with E-state index in [9.17, 15) is 0 Å². The standard InChI is InChI=1S/C51H43FN2/c1-32-26-43-44(51(4,5)25-24-50(43,2)3)31-49(32)54-47-22-19-36(29-41(47)42-30-37(52)20-23-48(42)54)35-18-21-46-40(28-35)39-16-9-10-17-45(39)53(46)38-15-11-14-34(27-38)33-12-7-6-8-13-33/h6-23,26-31H,24-25H2,1-5H3. The average molecular weight is 703 g/mol. The molecule has 0 spiro atoms. The molecule has 54 heavy (non-hydrogen) atoms. The van der Waals surface area contributed by atoms with Crippen LogP contribution in [0.15, 0.2) is 146 Å². The molecule has 2 aromatic heterocycles. The number of nitrogens with zero attached hydrogens (tertiary/aromatic N) is 2. The molecule has 0 unspecified atom stereocenters. The van der Waals surface area contributed by atoms with Crippen molar-refractivity contribution in [1.29, 1.82) is 0 Å². The number of hydrogen-bond acceptors (Lipinski definition) is 0. The lowest BCUT2D eigenvalue weighted by atomic mass is 9.63. The second-order valence-corrected chi connectivity index (χ2v) is 16.7. The van der Waals surface area contributed by atoms with Crippen LogP contribution in [-0.2, 0) is 10.8 Å². The Bertz CT molecular complexity index is 2960. The smallest absolute Gasteiger partial charge is 0.123 e. The van der Waals surface area contributed by atoms with Crippen molar-refractivity contribution in [1.82, 2.24) is 9.13 Å². The highest BCUT2D eigenvalue weighted by Crippen LogP contribution is 2.48. The fourth-order valence-electron chi connectivity index (χ4n) is 9.27. The minimum absolute atomic E-state index is 0.0812. The van der Waals surface area contributed by atoms with Crippen LogP contribution in [0.4, 0.5) is 4.39 Å². The fourth-order valence-corrected chi connectivity index (χ4v) is 9.27. The zero-order valence-electron chi connectivity index (χ0n) is 31.5.